The summed E-state index contributed by atoms with van der Waals surface area (Å²) < 4.78 is 7.78. The number of fused-ring (bicyclic) bond motifs is 3. The summed E-state index contributed by atoms with van der Waals surface area (Å²) in [6.45, 7) is 2.24. The van der Waals surface area contributed by atoms with Gasteiger partial charge in [0.05, 0.1) is 11.7 Å². The van der Waals surface area contributed by atoms with Crippen molar-refractivity contribution in [3.8, 4) is 11.5 Å². The fourth-order valence-corrected chi connectivity index (χ4v) is 4.73. The Morgan fingerprint density at radius 1 is 1.04 bits per heavy atom. The van der Waals surface area contributed by atoms with Crippen molar-refractivity contribution in [1.29, 1.82) is 0 Å². The first-order valence-electron chi connectivity index (χ1n) is 9.29. The Kier molecular flexibility index (Phi) is 4.27. The number of hydrogen-bond donors (Lipinski definition) is 2. The lowest BCUT2D eigenvalue weighted by Crippen LogP contribution is -2.27. The Morgan fingerprint density at radius 2 is 1.86 bits per heavy atom. The van der Waals surface area contributed by atoms with Crippen LogP contribution in [-0.2, 0) is 0 Å². The quantitative estimate of drug-likeness (QED) is 0.350. The van der Waals surface area contributed by atoms with Crippen molar-refractivity contribution in [2.75, 3.05) is 0 Å². The molecule has 0 radical (unpaired) electrons. The lowest BCUT2D eigenvalue weighted by Gasteiger charge is -2.39. The molecule has 0 saturated heterocycles. The minimum Gasteiger partial charge on any atom is -0.508 e. The number of hydrogen-bond acceptors (Lipinski definition) is 3. The van der Waals surface area contributed by atoms with Gasteiger partial charge in [0.2, 0.25) is 0 Å². The predicted molar refractivity (Wildman–Crippen MR) is 118 cm³/mol. The smallest absolute Gasteiger partial charge is 0.131 e. The van der Waals surface area contributed by atoms with Crippen molar-refractivity contribution in [2.45, 2.75) is 24.9 Å². The second-order valence-electron chi connectivity index (χ2n) is 7.31. The molecule has 4 aromatic rings. The zero-order valence-electron chi connectivity index (χ0n) is 15.3. The molecule has 28 heavy (non-hydrogen) atoms. The van der Waals surface area contributed by atoms with Crippen LogP contribution in [0.4, 0.5) is 0 Å². The molecule has 0 fully saturated rings. The summed E-state index contributed by atoms with van der Waals surface area (Å²) in [6, 6.07) is 20.1. The van der Waals surface area contributed by atoms with E-state index in [4.69, 9.17) is 4.74 Å². The van der Waals surface area contributed by atoms with Crippen LogP contribution in [0.3, 0.4) is 0 Å². The molecule has 3 unspecified atom stereocenters. The van der Waals surface area contributed by atoms with E-state index in [1.165, 1.54) is 9.13 Å². The number of rotatable bonds is 2. The van der Waals surface area contributed by atoms with Crippen LogP contribution in [0.25, 0.3) is 10.9 Å². The normalized spacial score (nSPS) is 21.3. The van der Waals surface area contributed by atoms with Gasteiger partial charge in [-0.2, -0.15) is 5.10 Å². The average molecular weight is 482 g/mol. The lowest BCUT2D eigenvalue weighted by atomic mass is 9.74. The van der Waals surface area contributed by atoms with Crippen LogP contribution in [0.15, 0.2) is 66.9 Å². The number of aromatic hydroxyl groups is 1. The average Bonchev–Trinajstić information content (AvgIpc) is 3.17. The summed E-state index contributed by atoms with van der Waals surface area (Å²) in [6.07, 6.45) is 1.74. The maximum Gasteiger partial charge on any atom is 0.131 e. The molecule has 140 valence electrons. The highest BCUT2D eigenvalue weighted by atomic mass is 127. The van der Waals surface area contributed by atoms with Crippen LogP contribution in [0, 0.1) is 3.57 Å². The number of nitrogens with zero attached hydrogens (tertiary/aromatic N) is 1. The lowest BCUT2D eigenvalue weighted by molar-refractivity contribution is 0.137. The van der Waals surface area contributed by atoms with E-state index < -0.39 is 0 Å². The minimum atomic E-state index is -0.134. The number of aromatic amines is 1. The van der Waals surface area contributed by atoms with Crippen molar-refractivity contribution >= 4 is 33.5 Å². The SMILES string of the molecule is CC1c2c(ccc3[nH]ncc23)OC(c2ccc(I)cc2)C1c1cccc(O)c1. The molecular weight excluding hydrogens is 463 g/mol. The fourth-order valence-electron chi connectivity index (χ4n) is 4.37. The first-order chi connectivity index (χ1) is 13.6. The van der Waals surface area contributed by atoms with Gasteiger partial charge in [-0.25, -0.2) is 0 Å². The van der Waals surface area contributed by atoms with Crippen molar-refractivity contribution in [3.05, 3.63) is 87.1 Å². The largest absolute Gasteiger partial charge is 0.508 e. The Bertz CT molecular complexity index is 1150. The van der Waals surface area contributed by atoms with E-state index in [2.05, 4.69) is 70.0 Å². The van der Waals surface area contributed by atoms with Crippen LogP contribution in [0.1, 0.15) is 41.6 Å². The number of benzene rings is 3. The molecule has 5 heteroatoms. The zero-order chi connectivity index (χ0) is 19.3. The molecule has 0 saturated carbocycles. The monoisotopic (exact) mass is 482 g/mol. The molecule has 0 spiro atoms. The third-order valence-corrected chi connectivity index (χ3v) is 6.37. The van der Waals surface area contributed by atoms with Gasteiger partial charge < -0.3 is 9.84 Å². The van der Waals surface area contributed by atoms with E-state index in [-0.39, 0.29) is 23.7 Å². The van der Waals surface area contributed by atoms with Gasteiger partial charge in [-0.05, 0) is 76.0 Å². The van der Waals surface area contributed by atoms with E-state index >= 15 is 0 Å². The van der Waals surface area contributed by atoms with Gasteiger partial charge in [0.15, 0.2) is 0 Å². The Hall–Kier alpha value is -2.54. The predicted octanol–water partition coefficient (Wildman–Crippen LogP) is 5.89. The number of phenolic OH excluding ortho intramolecular Hbond substituents is 1. The van der Waals surface area contributed by atoms with Crippen LogP contribution < -0.4 is 4.74 Å². The van der Waals surface area contributed by atoms with E-state index in [1.54, 1.807) is 6.07 Å². The highest BCUT2D eigenvalue weighted by Gasteiger charge is 2.39. The van der Waals surface area contributed by atoms with Gasteiger partial charge in [0.25, 0.3) is 0 Å². The van der Waals surface area contributed by atoms with E-state index in [1.807, 2.05) is 30.5 Å². The summed E-state index contributed by atoms with van der Waals surface area (Å²) in [5.41, 5.74) is 4.39. The molecule has 4 nitrogen and oxygen atoms in total. The van der Waals surface area contributed by atoms with Crippen LogP contribution >= 0.6 is 22.6 Å². The van der Waals surface area contributed by atoms with E-state index in [9.17, 15) is 5.11 Å². The molecule has 5 rings (SSSR count). The molecule has 3 aromatic carbocycles. The number of ether oxygens (including phenoxy) is 1. The molecule has 0 aliphatic carbocycles. The summed E-state index contributed by atoms with van der Waals surface area (Å²) in [7, 11) is 0. The summed E-state index contributed by atoms with van der Waals surface area (Å²) in [5, 5.41) is 18.5. The number of H-pyrrole nitrogens is 1. The molecule has 0 amide bonds. The molecule has 2 N–H and O–H groups in total. The van der Waals surface area contributed by atoms with E-state index in [0.717, 1.165) is 27.8 Å². The Morgan fingerprint density at radius 3 is 2.64 bits per heavy atom. The maximum absolute atomic E-state index is 10.1. The van der Waals surface area contributed by atoms with Crippen molar-refractivity contribution in [1.82, 2.24) is 10.2 Å². The van der Waals surface area contributed by atoms with Gasteiger partial charge in [0, 0.05) is 20.4 Å². The summed E-state index contributed by atoms with van der Waals surface area (Å²) in [4.78, 5) is 0. The summed E-state index contributed by atoms with van der Waals surface area (Å²) in [5.74, 6) is 1.44. The first-order valence-corrected chi connectivity index (χ1v) is 10.4. The Balaban J connectivity index is 1.71. The number of halogens is 1. The van der Waals surface area contributed by atoms with Crippen molar-refractivity contribution < 1.29 is 9.84 Å². The van der Waals surface area contributed by atoms with Gasteiger partial charge in [-0.15, -0.1) is 0 Å². The highest BCUT2D eigenvalue weighted by molar-refractivity contribution is 14.1. The van der Waals surface area contributed by atoms with Gasteiger partial charge in [-0.3, -0.25) is 5.10 Å². The molecule has 1 aliphatic rings. The highest BCUT2D eigenvalue weighted by Crippen LogP contribution is 2.53. The second kappa shape index (κ2) is 6.81. The maximum atomic E-state index is 10.1. The molecule has 3 atom stereocenters. The van der Waals surface area contributed by atoms with Gasteiger partial charge >= 0.3 is 0 Å². The number of phenols is 1. The third-order valence-electron chi connectivity index (χ3n) is 5.65. The topological polar surface area (TPSA) is 58.1 Å². The van der Waals surface area contributed by atoms with E-state index in [0.29, 0.717) is 0 Å². The molecular formula is C23H19IN2O2. The van der Waals surface area contributed by atoms with Crippen LogP contribution in [0.5, 0.6) is 11.5 Å². The molecule has 2 heterocycles. The molecule has 0 bridgehead atoms. The third kappa shape index (κ3) is 2.85. The van der Waals surface area contributed by atoms with Gasteiger partial charge in [-0.1, -0.05) is 31.2 Å². The standard InChI is InChI=1S/C23H19IN2O2/c1-13-21(15-3-2-4-17(27)11-15)23(14-5-7-16(24)8-6-14)28-20-10-9-19-18(22(13)20)12-25-26-19/h2-13,21,23,27H,1H3,(H,25,26). The van der Waals surface area contributed by atoms with Gasteiger partial charge in [0.1, 0.15) is 17.6 Å². The molecule has 1 aliphatic heterocycles. The first kappa shape index (κ1) is 17.6. The second-order valence-corrected chi connectivity index (χ2v) is 8.55. The van der Waals surface area contributed by atoms with Crippen LogP contribution in [-0.4, -0.2) is 15.3 Å². The fraction of sp³-hybridized carbons (Fsp3) is 0.174. The number of aromatic nitrogens is 2. The zero-order valence-corrected chi connectivity index (χ0v) is 17.4. The minimum absolute atomic E-state index is 0.0696. The van der Waals surface area contributed by atoms with Crippen molar-refractivity contribution in [2.24, 2.45) is 0 Å². The van der Waals surface area contributed by atoms with Crippen molar-refractivity contribution in [3.63, 3.8) is 0 Å². The molecule has 1 aromatic heterocycles. The van der Waals surface area contributed by atoms with Crippen LogP contribution in [0.2, 0.25) is 0 Å². The summed E-state index contributed by atoms with van der Waals surface area (Å²) >= 11 is 2.32. The Labute approximate surface area is 176 Å². The number of nitrogens with one attached hydrogen (secondary N) is 1.